The van der Waals surface area contributed by atoms with E-state index in [1.165, 1.54) is 0 Å². The fraction of sp³-hybridized carbons (Fsp3) is 0. The average molecular weight is 384 g/mol. The lowest BCUT2D eigenvalue weighted by Gasteiger charge is -2.34. The molecule has 0 saturated carbocycles. The van der Waals surface area contributed by atoms with Crippen molar-refractivity contribution in [2.75, 3.05) is 10.2 Å². The minimum absolute atomic E-state index is 0.479. The fourth-order valence-corrected chi connectivity index (χ4v) is 3.80. The molecule has 1 N–H and O–H groups in total. The number of anilines is 5. The number of hydrogen-bond donors (Lipinski definition) is 1. The second-order valence-corrected chi connectivity index (χ2v) is 7.00. The summed E-state index contributed by atoms with van der Waals surface area (Å²) in [6, 6.07) is 30.0. The third kappa shape index (κ3) is 2.94. The summed E-state index contributed by atoms with van der Waals surface area (Å²) in [6.45, 7) is 14.6. The molecule has 1 aliphatic heterocycles. The standard InChI is InChI=1S/C26H16N4/c1-27-20-15-19(16-21(17-20)28-2)18-11-13-22(14-12-18)30-25-9-5-3-7-23(25)29-24-8-4-6-10-26(24)30/h3-17,29H. The molecule has 4 aromatic rings. The third-order valence-corrected chi connectivity index (χ3v) is 5.18. The van der Waals surface area contributed by atoms with Gasteiger partial charge in [-0.3, -0.25) is 0 Å². The Morgan fingerprint density at radius 3 is 1.67 bits per heavy atom. The summed E-state index contributed by atoms with van der Waals surface area (Å²) >= 11 is 0. The predicted octanol–water partition coefficient (Wildman–Crippen LogP) is 7.98. The van der Waals surface area contributed by atoms with Crippen LogP contribution in [0.2, 0.25) is 0 Å². The van der Waals surface area contributed by atoms with E-state index in [-0.39, 0.29) is 0 Å². The summed E-state index contributed by atoms with van der Waals surface area (Å²) in [5.74, 6) is 0. The second kappa shape index (κ2) is 7.13. The second-order valence-electron chi connectivity index (χ2n) is 7.00. The topological polar surface area (TPSA) is 24.0 Å². The molecule has 0 amide bonds. The first-order valence-corrected chi connectivity index (χ1v) is 9.52. The third-order valence-electron chi connectivity index (χ3n) is 5.18. The molecule has 0 unspecified atom stereocenters. The largest absolute Gasteiger partial charge is 0.352 e. The van der Waals surface area contributed by atoms with Gasteiger partial charge in [-0.2, -0.15) is 0 Å². The minimum atomic E-state index is 0.479. The summed E-state index contributed by atoms with van der Waals surface area (Å²) in [5, 5.41) is 3.50. The Balaban J connectivity index is 1.60. The molecule has 1 heterocycles. The normalized spacial score (nSPS) is 11.5. The molecule has 0 bridgehead atoms. The molecule has 4 aromatic carbocycles. The van der Waals surface area contributed by atoms with Crippen LogP contribution in [0.3, 0.4) is 0 Å². The van der Waals surface area contributed by atoms with E-state index in [1.54, 1.807) is 6.07 Å². The molecule has 0 aromatic heterocycles. The van der Waals surface area contributed by atoms with Crippen LogP contribution in [-0.2, 0) is 0 Å². The fourth-order valence-electron chi connectivity index (χ4n) is 3.80. The van der Waals surface area contributed by atoms with Crippen molar-refractivity contribution in [2.45, 2.75) is 0 Å². The Labute approximate surface area is 175 Å². The van der Waals surface area contributed by atoms with Crippen molar-refractivity contribution in [2.24, 2.45) is 0 Å². The molecule has 140 valence electrons. The molecule has 0 atom stereocenters. The van der Waals surface area contributed by atoms with Crippen LogP contribution < -0.4 is 10.2 Å². The van der Waals surface area contributed by atoms with Crippen molar-refractivity contribution in [3.63, 3.8) is 0 Å². The highest BCUT2D eigenvalue weighted by Gasteiger charge is 2.23. The average Bonchev–Trinajstić information content (AvgIpc) is 2.82. The molecule has 0 radical (unpaired) electrons. The van der Waals surface area contributed by atoms with Crippen LogP contribution in [0.25, 0.3) is 20.8 Å². The number of benzene rings is 4. The van der Waals surface area contributed by atoms with Gasteiger partial charge in [-0.1, -0.05) is 54.6 Å². The van der Waals surface area contributed by atoms with Gasteiger partial charge in [0.05, 0.1) is 35.9 Å². The predicted molar refractivity (Wildman–Crippen MR) is 122 cm³/mol. The molecule has 4 heteroatoms. The van der Waals surface area contributed by atoms with Gasteiger partial charge in [-0.05, 0) is 47.5 Å². The van der Waals surface area contributed by atoms with E-state index in [9.17, 15) is 0 Å². The summed E-state index contributed by atoms with van der Waals surface area (Å²) < 4.78 is 0. The molecular formula is C26H16N4. The van der Waals surface area contributed by atoms with Gasteiger partial charge in [0.15, 0.2) is 11.4 Å². The van der Waals surface area contributed by atoms with Crippen molar-refractivity contribution >= 4 is 39.8 Å². The number of nitrogens with one attached hydrogen (secondary N) is 1. The Kier molecular flexibility index (Phi) is 4.17. The summed E-state index contributed by atoms with van der Waals surface area (Å²) in [4.78, 5) is 9.24. The van der Waals surface area contributed by atoms with E-state index in [1.807, 2.05) is 48.5 Å². The lowest BCUT2D eigenvalue weighted by atomic mass is 10.0. The van der Waals surface area contributed by atoms with Crippen molar-refractivity contribution in [3.8, 4) is 11.1 Å². The Hall–Kier alpha value is -4.54. The molecule has 0 saturated heterocycles. The zero-order valence-electron chi connectivity index (χ0n) is 16.0. The molecule has 4 nitrogen and oxygen atoms in total. The van der Waals surface area contributed by atoms with Gasteiger partial charge in [0.2, 0.25) is 0 Å². The van der Waals surface area contributed by atoms with Gasteiger partial charge in [0.25, 0.3) is 0 Å². The molecule has 1 aliphatic rings. The maximum absolute atomic E-state index is 7.29. The highest BCUT2D eigenvalue weighted by atomic mass is 15.2. The SMILES string of the molecule is [C-]#[N+]c1cc([N+]#[C-])cc(-c2ccc(N3c4ccccc4Nc4ccccc43)cc2)c1. The van der Waals surface area contributed by atoms with Crippen LogP contribution in [0.1, 0.15) is 0 Å². The zero-order chi connectivity index (χ0) is 20.5. The van der Waals surface area contributed by atoms with Crippen LogP contribution in [0, 0.1) is 13.1 Å². The zero-order valence-corrected chi connectivity index (χ0v) is 16.0. The smallest absolute Gasteiger partial charge is 0.177 e. The van der Waals surface area contributed by atoms with E-state index in [4.69, 9.17) is 13.1 Å². The number of para-hydroxylation sites is 4. The number of fused-ring (bicyclic) bond motifs is 2. The van der Waals surface area contributed by atoms with Gasteiger partial charge in [0.1, 0.15) is 0 Å². The van der Waals surface area contributed by atoms with Gasteiger partial charge in [-0.25, -0.2) is 9.69 Å². The van der Waals surface area contributed by atoms with Crippen molar-refractivity contribution in [1.29, 1.82) is 0 Å². The summed E-state index contributed by atoms with van der Waals surface area (Å²) in [7, 11) is 0. The van der Waals surface area contributed by atoms with E-state index >= 15 is 0 Å². The van der Waals surface area contributed by atoms with E-state index in [0.29, 0.717) is 11.4 Å². The van der Waals surface area contributed by atoms with Gasteiger partial charge in [-0.15, -0.1) is 0 Å². The Morgan fingerprint density at radius 1 is 0.600 bits per heavy atom. The van der Waals surface area contributed by atoms with E-state index in [2.05, 4.69) is 56.3 Å². The van der Waals surface area contributed by atoms with Crippen molar-refractivity contribution in [3.05, 3.63) is 114 Å². The van der Waals surface area contributed by atoms with Crippen LogP contribution in [0.15, 0.2) is 91.0 Å². The minimum Gasteiger partial charge on any atom is -0.352 e. The number of nitrogens with zero attached hydrogens (tertiary/aromatic N) is 3. The molecular weight excluding hydrogens is 368 g/mol. The van der Waals surface area contributed by atoms with Crippen LogP contribution in [-0.4, -0.2) is 0 Å². The summed E-state index contributed by atoms with van der Waals surface area (Å²) in [5.41, 5.74) is 8.17. The van der Waals surface area contributed by atoms with Crippen LogP contribution in [0.4, 0.5) is 39.8 Å². The van der Waals surface area contributed by atoms with Crippen molar-refractivity contribution < 1.29 is 0 Å². The lowest BCUT2D eigenvalue weighted by molar-refractivity contribution is 1.25. The van der Waals surface area contributed by atoms with E-state index in [0.717, 1.165) is 39.6 Å². The maximum atomic E-state index is 7.29. The molecule has 0 fully saturated rings. The van der Waals surface area contributed by atoms with Gasteiger partial charge < -0.3 is 10.2 Å². The molecule has 30 heavy (non-hydrogen) atoms. The first-order chi connectivity index (χ1) is 14.8. The highest BCUT2D eigenvalue weighted by Crippen LogP contribution is 2.47. The number of hydrogen-bond acceptors (Lipinski definition) is 2. The first-order valence-electron chi connectivity index (χ1n) is 9.52. The number of rotatable bonds is 2. The Bertz CT molecular complexity index is 1260. The molecule has 5 rings (SSSR count). The van der Waals surface area contributed by atoms with Gasteiger partial charge in [0, 0.05) is 5.69 Å². The maximum Gasteiger partial charge on any atom is 0.177 e. The monoisotopic (exact) mass is 384 g/mol. The molecule has 0 aliphatic carbocycles. The van der Waals surface area contributed by atoms with Crippen LogP contribution in [0.5, 0.6) is 0 Å². The highest BCUT2D eigenvalue weighted by molar-refractivity contribution is 5.96. The quantitative estimate of drug-likeness (QED) is 0.312. The summed E-state index contributed by atoms with van der Waals surface area (Å²) in [6.07, 6.45) is 0. The van der Waals surface area contributed by atoms with E-state index < -0.39 is 0 Å². The lowest BCUT2D eigenvalue weighted by Crippen LogP contribution is -2.17. The first kappa shape index (κ1) is 17.6. The van der Waals surface area contributed by atoms with Crippen molar-refractivity contribution in [1.82, 2.24) is 0 Å². The van der Waals surface area contributed by atoms with Gasteiger partial charge >= 0.3 is 0 Å². The Morgan fingerprint density at radius 2 is 1.13 bits per heavy atom. The molecule has 0 spiro atoms. The van der Waals surface area contributed by atoms with Crippen LogP contribution >= 0.6 is 0 Å².